The van der Waals surface area contributed by atoms with Crippen LogP contribution in [0.5, 0.6) is 0 Å². The Kier molecular flexibility index (Phi) is 3.46. The lowest BCUT2D eigenvalue weighted by Gasteiger charge is -2.08. The molecule has 0 radical (unpaired) electrons. The Labute approximate surface area is 124 Å². The molecule has 7 nitrogen and oxygen atoms in total. The van der Waals surface area contributed by atoms with Crippen LogP contribution < -0.4 is 5.46 Å². The second-order valence-corrected chi connectivity index (χ2v) is 4.77. The first-order valence-electron chi connectivity index (χ1n) is 5.96. The molecule has 0 atom stereocenters. The van der Waals surface area contributed by atoms with Crippen molar-refractivity contribution in [1.29, 1.82) is 0 Å². The van der Waals surface area contributed by atoms with Gasteiger partial charge in [-0.05, 0) is 11.5 Å². The van der Waals surface area contributed by atoms with Crippen molar-refractivity contribution in [3.8, 4) is 0 Å². The lowest BCUT2D eigenvalue weighted by atomic mass is 9.76. The number of nitrogens with zero attached hydrogens (tertiary/aromatic N) is 3. The van der Waals surface area contributed by atoms with Crippen LogP contribution in [0.25, 0.3) is 11.2 Å². The molecule has 3 N–H and O–H groups in total. The molecule has 3 aromatic rings. The second kappa shape index (κ2) is 5.28. The molecular weight excluding hydrogens is 291 g/mol. The Morgan fingerprint density at radius 3 is 2.86 bits per heavy atom. The minimum Gasteiger partial charge on any atom is -0.423 e. The number of ketones is 1. The van der Waals surface area contributed by atoms with Gasteiger partial charge in [0.05, 0.1) is 6.20 Å². The van der Waals surface area contributed by atoms with Gasteiger partial charge in [-0.2, -0.15) is 0 Å². The van der Waals surface area contributed by atoms with E-state index in [1.165, 1.54) is 18.6 Å². The topological polar surface area (TPSA) is 112 Å². The number of H-pyrrole nitrogens is 1. The maximum Gasteiger partial charge on any atom is 0.489 e. The Balaban J connectivity index is 2.14. The smallest absolute Gasteiger partial charge is 0.423 e. The van der Waals surface area contributed by atoms with E-state index in [0.29, 0.717) is 16.1 Å². The average molecular weight is 300 g/mol. The summed E-state index contributed by atoms with van der Waals surface area (Å²) in [5, 5.41) is 18.8. The van der Waals surface area contributed by atoms with E-state index >= 15 is 0 Å². The highest BCUT2D eigenvalue weighted by molar-refractivity contribution is 7.80. The average Bonchev–Trinajstić information content (AvgIpc) is 2.90. The largest absolute Gasteiger partial charge is 0.489 e. The first-order valence-corrected chi connectivity index (χ1v) is 6.41. The lowest BCUT2D eigenvalue weighted by molar-refractivity contribution is 0.102. The number of carbonyl (C=O) groups is 1. The van der Waals surface area contributed by atoms with E-state index in [1.807, 2.05) is 0 Å². The molecule has 0 saturated heterocycles. The van der Waals surface area contributed by atoms with Crippen molar-refractivity contribution in [3.05, 3.63) is 42.1 Å². The Morgan fingerprint density at radius 1 is 1.33 bits per heavy atom. The molecule has 21 heavy (non-hydrogen) atoms. The van der Waals surface area contributed by atoms with Gasteiger partial charge < -0.3 is 15.0 Å². The number of aromatic amines is 1. The SMILES string of the molecule is O=C(c1nc2ncncc2[nH]1)c1c(S)cccc1B(O)O. The van der Waals surface area contributed by atoms with Crippen LogP contribution >= 0.6 is 12.6 Å². The Hall–Kier alpha value is -2.23. The van der Waals surface area contributed by atoms with Crippen molar-refractivity contribution in [2.75, 3.05) is 0 Å². The van der Waals surface area contributed by atoms with Gasteiger partial charge in [-0.25, -0.2) is 15.0 Å². The fourth-order valence-electron chi connectivity index (χ4n) is 2.01. The number of benzene rings is 1. The molecule has 2 heterocycles. The molecule has 2 aromatic heterocycles. The number of nitrogens with one attached hydrogen (secondary N) is 1. The summed E-state index contributed by atoms with van der Waals surface area (Å²) < 4.78 is 0. The molecule has 0 aliphatic carbocycles. The molecule has 9 heteroatoms. The maximum absolute atomic E-state index is 12.5. The molecular formula is C12H9BN4O3S. The van der Waals surface area contributed by atoms with Gasteiger partial charge in [0.25, 0.3) is 0 Å². The highest BCUT2D eigenvalue weighted by Crippen LogP contribution is 2.16. The van der Waals surface area contributed by atoms with Crippen LogP contribution in [-0.4, -0.2) is 42.9 Å². The molecule has 0 saturated carbocycles. The quantitative estimate of drug-likeness (QED) is 0.296. The van der Waals surface area contributed by atoms with Crippen molar-refractivity contribution in [2.45, 2.75) is 4.90 Å². The van der Waals surface area contributed by atoms with Gasteiger partial charge in [0.1, 0.15) is 11.8 Å². The number of thiol groups is 1. The molecule has 104 valence electrons. The third-order valence-corrected chi connectivity index (χ3v) is 3.33. The number of aromatic nitrogens is 4. The highest BCUT2D eigenvalue weighted by atomic mass is 32.1. The number of imidazole rings is 1. The summed E-state index contributed by atoms with van der Waals surface area (Å²) in [5.41, 5.74) is 1.03. The van der Waals surface area contributed by atoms with Crippen molar-refractivity contribution in [3.63, 3.8) is 0 Å². The Morgan fingerprint density at radius 2 is 2.14 bits per heavy atom. The van der Waals surface area contributed by atoms with E-state index in [4.69, 9.17) is 0 Å². The van der Waals surface area contributed by atoms with Crippen molar-refractivity contribution in [2.24, 2.45) is 0 Å². The van der Waals surface area contributed by atoms with Gasteiger partial charge in [-0.1, -0.05) is 12.1 Å². The number of hydrogen-bond acceptors (Lipinski definition) is 7. The first kappa shape index (κ1) is 13.7. The van der Waals surface area contributed by atoms with E-state index in [2.05, 4.69) is 32.6 Å². The zero-order valence-corrected chi connectivity index (χ0v) is 11.5. The first-order chi connectivity index (χ1) is 10.1. The van der Waals surface area contributed by atoms with Gasteiger partial charge in [0, 0.05) is 10.5 Å². The van der Waals surface area contributed by atoms with E-state index < -0.39 is 12.9 Å². The van der Waals surface area contributed by atoms with E-state index in [-0.39, 0.29) is 16.9 Å². The second-order valence-electron chi connectivity index (χ2n) is 4.29. The zero-order chi connectivity index (χ0) is 15.0. The summed E-state index contributed by atoms with van der Waals surface area (Å²) in [6.45, 7) is 0. The monoisotopic (exact) mass is 300 g/mol. The molecule has 0 bridgehead atoms. The fourth-order valence-corrected chi connectivity index (χ4v) is 2.32. The number of carbonyl (C=O) groups excluding carboxylic acids is 1. The number of fused-ring (bicyclic) bond motifs is 1. The standard InChI is InChI=1S/C12H9BN4O3S/c18-10(9-6(13(19)20)2-1-3-8(9)21)12-16-7-4-14-5-15-11(7)17-12/h1-5,19-21H,(H,14,15,16,17). The molecule has 0 fully saturated rings. The Bertz CT molecular complexity index is 803. The van der Waals surface area contributed by atoms with Crippen LogP contribution in [0.3, 0.4) is 0 Å². The number of rotatable bonds is 3. The zero-order valence-electron chi connectivity index (χ0n) is 10.6. The molecule has 1 aromatic carbocycles. The minimum atomic E-state index is -1.78. The highest BCUT2D eigenvalue weighted by Gasteiger charge is 2.25. The maximum atomic E-state index is 12.5. The third kappa shape index (κ3) is 2.42. The van der Waals surface area contributed by atoms with Crippen molar-refractivity contribution < 1.29 is 14.8 Å². The van der Waals surface area contributed by atoms with Gasteiger partial charge in [0.2, 0.25) is 5.78 Å². The summed E-state index contributed by atoms with van der Waals surface area (Å²) in [6, 6.07) is 4.61. The molecule has 3 rings (SSSR count). The summed E-state index contributed by atoms with van der Waals surface area (Å²) in [7, 11) is -1.78. The van der Waals surface area contributed by atoms with Crippen LogP contribution in [-0.2, 0) is 0 Å². The predicted molar refractivity (Wildman–Crippen MR) is 78.6 cm³/mol. The van der Waals surface area contributed by atoms with Crippen LogP contribution in [0.4, 0.5) is 0 Å². The molecule has 0 amide bonds. The third-order valence-electron chi connectivity index (χ3n) is 2.96. The van der Waals surface area contributed by atoms with Crippen LogP contribution in [0.2, 0.25) is 0 Å². The van der Waals surface area contributed by atoms with Gasteiger partial charge in [0.15, 0.2) is 11.5 Å². The van der Waals surface area contributed by atoms with Crippen molar-refractivity contribution in [1.82, 2.24) is 19.9 Å². The van der Waals surface area contributed by atoms with Crippen molar-refractivity contribution >= 4 is 42.2 Å². The fraction of sp³-hybridized carbons (Fsp3) is 0. The predicted octanol–water partition coefficient (Wildman–Crippen LogP) is -0.448. The minimum absolute atomic E-state index is 0.0360. The normalized spacial score (nSPS) is 10.8. The van der Waals surface area contributed by atoms with Crippen LogP contribution in [0, 0.1) is 0 Å². The lowest BCUT2D eigenvalue weighted by Crippen LogP contribution is -2.35. The molecule has 0 spiro atoms. The van der Waals surface area contributed by atoms with E-state index in [9.17, 15) is 14.8 Å². The van der Waals surface area contributed by atoms with Gasteiger partial charge in [-0.3, -0.25) is 4.79 Å². The van der Waals surface area contributed by atoms with Crippen LogP contribution in [0.15, 0.2) is 35.6 Å². The molecule has 0 unspecified atom stereocenters. The van der Waals surface area contributed by atoms with Gasteiger partial charge >= 0.3 is 7.12 Å². The van der Waals surface area contributed by atoms with Crippen LogP contribution in [0.1, 0.15) is 16.2 Å². The van der Waals surface area contributed by atoms with E-state index in [1.54, 1.807) is 12.1 Å². The number of hydrogen-bond donors (Lipinski definition) is 4. The summed E-state index contributed by atoms with van der Waals surface area (Å²) in [5.74, 6) is -0.462. The molecule has 0 aliphatic heterocycles. The molecule has 0 aliphatic rings. The van der Waals surface area contributed by atoms with Gasteiger partial charge in [-0.15, -0.1) is 12.6 Å². The summed E-state index contributed by atoms with van der Waals surface area (Å²) in [6.07, 6.45) is 2.83. The summed E-state index contributed by atoms with van der Waals surface area (Å²) in [4.78, 5) is 27.5. The van der Waals surface area contributed by atoms with E-state index in [0.717, 1.165) is 0 Å². The summed E-state index contributed by atoms with van der Waals surface area (Å²) >= 11 is 4.20.